The Morgan fingerprint density at radius 2 is 2.00 bits per heavy atom. The van der Waals surface area contributed by atoms with Crippen molar-refractivity contribution in [1.29, 1.82) is 0 Å². The molecule has 1 saturated heterocycles. The van der Waals surface area contributed by atoms with Gasteiger partial charge >= 0.3 is 5.69 Å². The van der Waals surface area contributed by atoms with Gasteiger partial charge in [-0.15, -0.1) is 0 Å². The lowest BCUT2D eigenvalue weighted by atomic mass is 10.00. The van der Waals surface area contributed by atoms with Gasteiger partial charge in [0, 0.05) is 26.7 Å². The van der Waals surface area contributed by atoms with Crippen LogP contribution in [0.3, 0.4) is 0 Å². The van der Waals surface area contributed by atoms with E-state index >= 15 is 0 Å². The average molecular weight is 307 g/mol. The highest BCUT2D eigenvalue weighted by Crippen LogP contribution is 2.24. The summed E-state index contributed by atoms with van der Waals surface area (Å²) < 4.78 is 3.05. The second-order valence-corrected chi connectivity index (χ2v) is 5.95. The number of hydrogen-bond donors (Lipinski definition) is 2. The van der Waals surface area contributed by atoms with Crippen molar-refractivity contribution in [3.05, 3.63) is 20.8 Å². The molecule has 0 atom stereocenters. The van der Waals surface area contributed by atoms with E-state index in [-0.39, 0.29) is 13.2 Å². The van der Waals surface area contributed by atoms with Crippen molar-refractivity contribution in [2.45, 2.75) is 26.3 Å². The van der Waals surface area contributed by atoms with Gasteiger partial charge in [-0.2, -0.15) is 4.98 Å². The van der Waals surface area contributed by atoms with E-state index in [1.54, 1.807) is 11.6 Å². The summed E-state index contributed by atoms with van der Waals surface area (Å²) in [4.78, 5) is 32.9. The van der Waals surface area contributed by atoms with Crippen molar-refractivity contribution in [2.24, 2.45) is 13.0 Å². The van der Waals surface area contributed by atoms with Crippen molar-refractivity contribution < 1.29 is 5.11 Å². The summed E-state index contributed by atoms with van der Waals surface area (Å²) in [7, 11) is 1.58. The molecule has 0 bridgehead atoms. The molecule has 0 aromatic carbocycles. The molecule has 0 spiro atoms. The zero-order valence-electron chi connectivity index (χ0n) is 12.9. The molecular formula is C14H21N5O3. The number of fused-ring (bicyclic) bond motifs is 1. The number of rotatable bonds is 3. The predicted octanol–water partition coefficient (Wildman–Crippen LogP) is -0.348. The van der Waals surface area contributed by atoms with Crippen LogP contribution in [0.25, 0.3) is 11.2 Å². The highest BCUT2D eigenvalue weighted by Gasteiger charge is 2.24. The van der Waals surface area contributed by atoms with Crippen LogP contribution < -0.4 is 16.1 Å². The van der Waals surface area contributed by atoms with Crippen LogP contribution in [0.15, 0.2) is 9.59 Å². The molecule has 0 radical (unpaired) electrons. The van der Waals surface area contributed by atoms with E-state index in [2.05, 4.69) is 21.8 Å². The lowest BCUT2D eigenvalue weighted by molar-refractivity contribution is 0.277. The van der Waals surface area contributed by atoms with Crippen molar-refractivity contribution in [1.82, 2.24) is 19.1 Å². The molecule has 120 valence electrons. The summed E-state index contributed by atoms with van der Waals surface area (Å²) in [5, 5.41) is 9.33. The molecule has 2 aromatic heterocycles. The van der Waals surface area contributed by atoms with Crippen LogP contribution >= 0.6 is 0 Å². The smallest absolute Gasteiger partial charge is 0.329 e. The zero-order valence-corrected chi connectivity index (χ0v) is 12.9. The monoisotopic (exact) mass is 307 g/mol. The number of aromatic amines is 1. The first-order valence-corrected chi connectivity index (χ1v) is 7.58. The van der Waals surface area contributed by atoms with Gasteiger partial charge in [0.1, 0.15) is 0 Å². The Kier molecular flexibility index (Phi) is 3.78. The number of anilines is 1. The van der Waals surface area contributed by atoms with Crippen LogP contribution in [-0.2, 0) is 13.6 Å². The molecule has 0 saturated carbocycles. The van der Waals surface area contributed by atoms with Gasteiger partial charge in [0.25, 0.3) is 5.56 Å². The van der Waals surface area contributed by atoms with Crippen molar-refractivity contribution in [3.8, 4) is 0 Å². The summed E-state index contributed by atoms with van der Waals surface area (Å²) in [6.45, 7) is 4.14. The highest BCUT2D eigenvalue weighted by molar-refractivity contribution is 5.74. The second kappa shape index (κ2) is 5.60. The van der Waals surface area contributed by atoms with Crippen molar-refractivity contribution in [3.63, 3.8) is 0 Å². The molecule has 3 heterocycles. The largest absolute Gasteiger partial charge is 0.395 e. The standard InChI is InChI=1S/C14H21N5O3/c1-9-3-5-18(6-4-9)13-15-11-10(19(13)7-8-20)12(21)16-14(22)17(11)2/h9,20H,3-8H2,1-2H3,(H,16,21,22). The van der Waals surface area contributed by atoms with Crippen molar-refractivity contribution >= 4 is 17.1 Å². The van der Waals surface area contributed by atoms with Gasteiger partial charge in [-0.3, -0.25) is 14.3 Å². The fraction of sp³-hybridized carbons (Fsp3) is 0.643. The molecule has 22 heavy (non-hydrogen) atoms. The Morgan fingerprint density at radius 3 is 2.64 bits per heavy atom. The van der Waals surface area contributed by atoms with E-state index in [4.69, 9.17) is 0 Å². The molecule has 8 heteroatoms. The van der Waals surface area contributed by atoms with Crippen LogP contribution in [0.5, 0.6) is 0 Å². The second-order valence-electron chi connectivity index (χ2n) is 5.95. The molecule has 3 rings (SSSR count). The van der Waals surface area contributed by atoms with Gasteiger partial charge in [-0.1, -0.05) is 6.92 Å². The minimum Gasteiger partial charge on any atom is -0.395 e. The summed E-state index contributed by atoms with van der Waals surface area (Å²) in [5.74, 6) is 1.34. The maximum atomic E-state index is 12.2. The maximum absolute atomic E-state index is 12.2. The summed E-state index contributed by atoms with van der Waals surface area (Å²) >= 11 is 0. The number of aliphatic hydroxyl groups excluding tert-OH is 1. The minimum atomic E-state index is -0.482. The third-order valence-electron chi connectivity index (χ3n) is 4.38. The number of aryl methyl sites for hydroxylation is 1. The Bertz CT molecular complexity index is 795. The molecule has 0 aliphatic carbocycles. The van der Waals surface area contributed by atoms with Gasteiger partial charge in [-0.25, -0.2) is 4.79 Å². The van der Waals surface area contributed by atoms with Crippen LogP contribution in [-0.4, -0.2) is 43.9 Å². The van der Waals surface area contributed by atoms with E-state index in [9.17, 15) is 14.7 Å². The minimum absolute atomic E-state index is 0.0923. The van der Waals surface area contributed by atoms with Crippen LogP contribution in [0.4, 0.5) is 5.95 Å². The van der Waals surface area contributed by atoms with Gasteiger partial charge in [0.2, 0.25) is 5.95 Å². The molecule has 0 unspecified atom stereocenters. The van der Waals surface area contributed by atoms with Gasteiger partial charge in [-0.05, 0) is 18.8 Å². The normalized spacial score (nSPS) is 16.6. The third kappa shape index (κ3) is 2.33. The Labute approximate surface area is 127 Å². The number of hydrogen-bond acceptors (Lipinski definition) is 5. The summed E-state index contributed by atoms with van der Waals surface area (Å²) in [5.41, 5.74) is -0.249. The Balaban J connectivity index is 2.19. The van der Waals surface area contributed by atoms with Gasteiger partial charge in [0.05, 0.1) is 6.61 Å². The SMILES string of the molecule is CC1CCN(c2nc3c(c(=O)[nH]c(=O)n3C)n2CCO)CC1. The van der Waals surface area contributed by atoms with E-state index in [0.29, 0.717) is 23.0 Å². The molecule has 0 amide bonds. The first-order chi connectivity index (χ1) is 10.5. The van der Waals surface area contributed by atoms with E-state index in [1.165, 1.54) is 4.57 Å². The fourth-order valence-electron chi connectivity index (χ4n) is 2.98. The molecule has 8 nitrogen and oxygen atoms in total. The lowest BCUT2D eigenvalue weighted by Gasteiger charge is -2.31. The molecule has 1 aliphatic rings. The summed E-state index contributed by atoms with van der Waals surface area (Å²) in [6, 6.07) is 0. The molecule has 1 fully saturated rings. The molecular weight excluding hydrogens is 286 g/mol. The number of imidazole rings is 1. The zero-order chi connectivity index (χ0) is 15.9. The topological polar surface area (TPSA) is 96.2 Å². The molecule has 2 aromatic rings. The number of nitrogens with zero attached hydrogens (tertiary/aromatic N) is 4. The Hall–Kier alpha value is -2.09. The first kappa shape index (κ1) is 14.8. The number of piperidine rings is 1. The predicted molar refractivity (Wildman–Crippen MR) is 83.3 cm³/mol. The van der Waals surface area contributed by atoms with Crippen LogP contribution in [0.1, 0.15) is 19.8 Å². The van der Waals surface area contributed by atoms with E-state index in [0.717, 1.165) is 25.9 Å². The fourth-order valence-corrected chi connectivity index (χ4v) is 2.98. The van der Waals surface area contributed by atoms with Crippen molar-refractivity contribution in [2.75, 3.05) is 24.6 Å². The maximum Gasteiger partial charge on any atom is 0.329 e. The van der Waals surface area contributed by atoms with Crippen LogP contribution in [0, 0.1) is 5.92 Å². The average Bonchev–Trinajstić information content (AvgIpc) is 2.86. The third-order valence-corrected chi connectivity index (χ3v) is 4.38. The number of H-pyrrole nitrogens is 1. The summed E-state index contributed by atoms with van der Waals surface area (Å²) in [6.07, 6.45) is 2.13. The lowest BCUT2D eigenvalue weighted by Crippen LogP contribution is -2.35. The first-order valence-electron chi connectivity index (χ1n) is 7.58. The van der Waals surface area contributed by atoms with Crippen LogP contribution in [0.2, 0.25) is 0 Å². The number of aliphatic hydroxyl groups is 1. The molecule has 2 N–H and O–H groups in total. The number of nitrogens with one attached hydrogen (secondary N) is 1. The van der Waals surface area contributed by atoms with Gasteiger partial charge in [0.15, 0.2) is 11.2 Å². The number of aromatic nitrogens is 4. The van der Waals surface area contributed by atoms with Gasteiger partial charge < -0.3 is 14.6 Å². The highest BCUT2D eigenvalue weighted by atomic mass is 16.3. The van der Waals surface area contributed by atoms with E-state index in [1.807, 2.05) is 0 Å². The molecule has 1 aliphatic heterocycles. The Morgan fingerprint density at radius 1 is 1.32 bits per heavy atom. The van der Waals surface area contributed by atoms with E-state index < -0.39 is 11.2 Å². The quantitative estimate of drug-likeness (QED) is 0.808.